The molecule has 0 aliphatic rings. The van der Waals surface area contributed by atoms with Crippen molar-refractivity contribution < 1.29 is 22.0 Å². The zero-order valence-corrected chi connectivity index (χ0v) is 19.7. The van der Waals surface area contributed by atoms with Gasteiger partial charge in [-0.15, -0.1) is 0 Å². The molecule has 9 nitrogen and oxygen atoms in total. The first-order valence-corrected chi connectivity index (χ1v) is 12.7. The number of hydrogen-bond acceptors (Lipinski definition) is 6. The fourth-order valence-corrected chi connectivity index (χ4v) is 4.02. The molecule has 0 saturated carbocycles. The van der Waals surface area contributed by atoms with Crippen molar-refractivity contribution in [3.63, 3.8) is 0 Å². The molecule has 2 aromatic heterocycles. The zero-order chi connectivity index (χ0) is 25.2. The van der Waals surface area contributed by atoms with Crippen LogP contribution >= 0.6 is 0 Å². The minimum Gasteiger partial charge on any atom is -0.366 e. The highest BCUT2D eigenvalue weighted by Crippen LogP contribution is 2.29. The van der Waals surface area contributed by atoms with Crippen LogP contribution in [0.1, 0.15) is 30.1 Å². The lowest BCUT2D eigenvalue weighted by Crippen LogP contribution is -2.24. The third-order valence-corrected chi connectivity index (χ3v) is 6.18. The Morgan fingerprint density at radius 1 is 1.11 bits per heavy atom. The Morgan fingerprint density at radius 3 is 2.51 bits per heavy atom. The van der Waals surface area contributed by atoms with Gasteiger partial charge in [0.1, 0.15) is 0 Å². The van der Waals surface area contributed by atoms with Crippen LogP contribution in [0.3, 0.4) is 0 Å². The van der Waals surface area contributed by atoms with Gasteiger partial charge < -0.3 is 10.6 Å². The van der Waals surface area contributed by atoms with Crippen molar-refractivity contribution in [2.75, 3.05) is 24.2 Å². The quantitative estimate of drug-likeness (QED) is 0.302. The van der Waals surface area contributed by atoms with Gasteiger partial charge >= 0.3 is 0 Å². The molecule has 35 heavy (non-hydrogen) atoms. The number of unbranched alkanes of at least 4 members (excludes halogenated alkanes) is 1. The maximum atomic E-state index is 14.1. The number of benzene rings is 2. The average Bonchev–Trinajstić information content (AvgIpc) is 3.25. The zero-order valence-electron chi connectivity index (χ0n) is 18.9. The minimum atomic E-state index is -3.72. The monoisotopic (exact) mass is 502 g/mol. The van der Waals surface area contributed by atoms with Crippen molar-refractivity contribution in [3.8, 4) is 11.3 Å². The lowest BCUT2D eigenvalue weighted by Gasteiger charge is -2.12. The van der Waals surface area contributed by atoms with Crippen molar-refractivity contribution in [3.05, 3.63) is 59.8 Å². The molecule has 2 aromatic carbocycles. The van der Waals surface area contributed by atoms with Gasteiger partial charge in [0.25, 0.3) is 5.91 Å². The summed E-state index contributed by atoms with van der Waals surface area (Å²) in [5.41, 5.74) is 2.41. The van der Waals surface area contributed by atoms with Gasteiger partial charge in [-0.1, -0.05) is 25.5 Å². The van der Waals surface area contributed by atoms with Crippen LogP contribution in [0.4, 0.5) is 14.6 Å². The number of nitrogens with one attached hydrogen (secondary N) is 2. The highest BCUT2D eigenvalue weighted by Gasteiger charge is 2.18. The maximum absolute atomic E-state index is 14.1. The average molecular weight is 503 g/mol. The van der Waals surface area contributed by atoms with Gasteiger partial charge in [0.2, 0.25) is 10.0 Å². The van der Waals surface area contributed by atoms with E-state index in [2.05, 4.69) is 20.6 Å². The molecule has 12 heteroatoms. The number of imidazole rings is 1. The first kappa shape index (κ1) is 24.5. The summed E-state index contributed by atoms with van der Waals surface area (Å²) in [6.45, 7) is 2.57. The van der Waals surface area contributed by atoms with Gasteiger partial charge in [0.15, 0.2) is 23.1 Å². The van der Waals surface area contributed by atoms with Crippen LogP contribution in [0.2, 0.25) is 0 Å². The number of aromatic nitrogens is 3. The summed E-state index contributed by atoms with van der Waals surface area (Å²) < 4.78 is 52.3. The number of hydrogen-bond donors (Lipinski definition) is 3. The molecule has 4 aromatic rings. The maximum Gasteiger partial charge on any atom is 0.251 e. The Bertz CT molecular complexity index is 1500. The summed E-state index contributed by atoms with van der Waals surface area (Å²) >= 11 is 0. The second kappa shape index (κ2) is 9.92. The van der Waals surface area contributed by atoms with Crippen LogP contribution in [0.5, 0.6) is 0 Å². The molecule has 0 unspecified atom stereocenters. The molecule has 4 N–H and O–H groups in total. The van der Waals surface area contributed by atoms with E-state index >= 15 is 0 Å². The fourth-order valence-electron chi connectivity index (χ4n) is 3.63. The predicted octanol–water partition coefficient (Wildman–Crippen LogP) is 3.06. The molecular formula is C23H24F2N6O3S. The van der Waals surface area contributed by atoms with Crippen molar-refractivity contribution >= 4 is 38.4 Å². The van der Waals surface area contributed by atoms with Crippen molar-refractivity contribution in [1.29, 1.82) is 0 Å². The molecule has 4 rings (SSSR count). The highest BCUT2D eigenvalue weighted by molar-refractivity contribution is 7.89. The van der Waals surface area contributed by atoms with E-state index in [1.54, 1.807) is 34.9 Å². The van der Waals surface area contributed by atoms with E-state index in [1.165, 1.54) is 0 Å². The summed E-state index contributed by atoms with van der Waals surface area (Å²) in [6, 6.07) is 8.80. The molecule has 0 aliphatic carbocycles. The summed E-state index contributed by atoms with van der Waals surface area (Å²) in [7, 11) is -3.72. The molecule has 0 radical (unpaired) electrons. The summed E-state index contributed by atoms with van der Waals surface area (Å²) in [6.07, 6.45) is 3.40. The molecule has 0 saturated heterocycles. The molecule has 1 amide bonds. The number of sulfonamides is 1. The van der Waals surface area contributed by atoms with Gasteiger partial charge in [-0.3, -0.25) is 9.20 Å². The first-order valence-electron chi connectivity index (χ1n) is 11.0. The SMILES string of the molecule is CCCCNC(=O)c1ccc(-c2cnc3c(NCCS(N)(=O)=O)nc4cc(F)c(F)cc4n23)cc1. The second-order valence-corrected chi connectivity index (χ2v) is 9.73. The van der Waals surface area contributed by atoms with Crippen molar-refractivity contribution in [2.45, 2.75) is 19.8 Å². The molecule has 0 bridgehead atoms. The summed E-state index contributed by atoms with van der Waals surface area (Å²) in [5.74, 6) is -2.47. The molecular weight excluding hydrogens is 478 g/mol. The lowest BCUT2D eigenvalue weighted by atomic mass is 10.1. The van der Waals surface area contributed by atoms with Crippen LogP contribution in [0.25, 0.3) is 27.9 Å². The summed E-state index contributed by atoms with van der Waals surface area (Å²) in [5, 5.41) is 10.8. The Balaban J connectivity index is 1.77. The van der Waals surface area contributed by atoms with Crippen LogP contribution < -0.4 is 15.8 Å². The van der Waals surface area contributed by atoms with E-state index in [0.29, 0.717) is 23.4 Å². The molecule has 2 heterocycles. The minimum absolute atomic E-state index is 0.0549. The Labute approximate surface area is 200 Å². The Morgan fingerprint density at radius 2 is 1.83 bits per heavy atom. The number of carbonyl (C=O) groups is 1. The van der Waals surface area contributed by atoms with Gasteiger partial charge in [0, 0.05) is 36.3 Å². The predicted molar refractivity (Wildman–Crippen MR) is 130 cm³/mol. The fraction of sp³-hybridized carbons (Fsp3) is 0.261. The largest absolute Gasteiger partial charge is 0.366 e. The number of nitrogens with zero attached hydrogens (tertiary/aromatic N) is 3. The van der Waals surface area contributed by atoms with Crippen LogP contribution in [0, 0.1) is 11.6 Å². The van der Waals surface area contributed by atoms with Gasteiger partial charge in [-0.25, -0.2) is 32.3 Å². The number of fused-ring (bicyclic) bond motifs is 3. The van der Waals surface area contributed by atoms with Crippen molar-refractivity contribution in [1.82, 2.24) is 19.7 Å². The van der Waals surface area contributed by atoms with E-state index in [-0.39, 0.29) is 40.7 Å². The van der Waals surface area contributed by atoms with Crippen molar-refractivity contribution in [2.24, 2.45) is 5.14 Å². The van der Waals surface area contributed by atoms with Gasteiger partial charge in [-0.2, -0.15) is 0 Å². The topological polar surface area (TPSA) is 131 Å². The smallest absolute Gasteiger partial charge is 0.251 e. The Hall–Kier alpha value is -3.64. The lowest BCUT2D eigenvalue weighted by molar-refractivity contribution is 0.0953. The number of nitrogens with two attached hydrogens (primary N) is 1. The standard InChI is InChI=1S/C23H24F2N6O3S/c1-2-3-8-28-23(32)15-6-4-14(5-7-15)20-13-29-22-21(27-9-10-35(26,33)34)30-18-11-16(24)17(25)12-19(18)31(20)22/h4-7,11-13H,2-3,8-10H2,1H3,(H,27,30)(H,28,32)(H2,26,33,34). The second-order valence-electron chi connectivity index (χ2n) is 8.00. The molecule has 0 aliphatic heterocycles. The third-order valence-electron chi connectivity index (χ3n) is 5.40. The Kier molecular flexibility index (Phi) is 6.94. The number of anilines is 1. The van der Waals surface area contributed by atoms with E-state index in [4.69, 9.17) is 5.14 Å². The van der Waals surface area contributed by atoms with Crippen LogP contribution in [-0.2, 0) is 10.0 Å². The van der Waals surface area contributed by atoms with Gasteiger partial charge in [-0.05, 0) is 18.6 Å². The number of carbonyl (C=O) groups excluding carboxylic acids is 1. The van der Waals surface area contributed by atoms with E-state index in [0.717, 1.165) is 25.0 Å². The molecule has 0 fully saturated rings. The summed E-state index contributed by atoms with van der Waals surface area (Å²) in [4.78, 5) is 21.0. The first-order chi connectivity index (χ1) is 16.7. The van der Waals surface area contributed by atoms with E-state index in [1.807, 2.05) is 6.92 Å². The highest BCUT2D eigenvalue weighted by atomic mass is 32.2. The van der Waals surface area contributed by atoms with E-state index < -0.39 is 21.7 Å². The molecule has 0 atom stereocenters. The van der Waals surface area contributed by atoms with E-state index in [9.17, 15) is 22.0 Å². The number of amides is 1. The normalized spacial score (nSPS) is 11.8. The number of rotatable bonds is 9. The van der Waals surface area contributed by atoms with Gasteiger partial charge in [0.05, 0.1) is 28.7 Å². The number of halogens is 2. The van der Waals surface area contributed by atoms with Crippen LogP contribution in [0.15, 0.2) is 42.6 Å². The van der Waals surface area contributed by atoms with Crippen LogP contribution in [-0.4, -0.2) is 47.5 Å². The number of primary sulfonamides is 1. The third kappa shape index (κ3) is 5.38. The molecule has 184 valence electrons. The molecule has 0 spiro atoms.